The number of nitrogens with one attached hydrogen (secondary N) is 1. The fraction of sp³-hybridized carbons (Fsp3) is 0.700. The maximum absolute atomic E-state index is 13.2. The quantitative estimate of drug-likeness (QED) is 0.578. The van der Waals surface area contributed by atoms with Crippen LogP contribution >= 0.6 is 0 Å². The van der Waals surface area contributed by atoms with Crippen LogP contribution in [0.25, 0.3) is 0 Å². The smallest absolute Gasteiger partial charge is 0.255 e. The highest BCUT2D eigenvalue weighted by Crippen LogP contribution is 2.49. The van der Waals surface area contributed by atoms with Crippen LogP contribution in [0.5, 0.6) is 5.75 Å². The van der Waals surface area contributed by atoms with Gasteiger partial charge in [-0.05, 0) is 93.4 Å². The van der Waals surface area contributed by atoms with Gasteiger partial charge >= 0.3 is 0 Å². The fourth-order valence-corrected chi connectivity index (χ4v) is 8.24. The van der Waals surface area contributed by atoms with E-state index in [-0.39, 0.29) is 29.7 Å². The molecule has 4 heterocycles. The van der Waals surface area contributed by atoms with Gasteiger partial charge in [0.2, 0.25) is 5.91 Å². The lowest BCUT2D eigenvalue weighted by Gasteiger charge is -2.53. The van der Waals surface area contributed by atoms with Crippen molar-refractivity contribution < 1.29 is 23.9 Å². The molecular formula is C30H39N3O5. The molecule has 1 N–H and O–H groups in total. The molecule has 4 aliphatic heterocycles. The minimum Gasteiger partial charge on any atom is -0.489 e. The first-order valence-corrected chi connectivity index (χ1v) is 14.7. The molecule has 0 aromatic heterocycles. The number of ether oxygens (including phenoxy) is 2. The zero-order chi connectivity index (χ0) is 26.0. The number of benzene rings is 1. The highest BCUT2D eigenvalue weighted by Gasteiger charge is 2.63. The van der Waals surface area contributed by atoms with E-state index >= 15 is 0 Å². The molecule has 3 aliphatic carbocycles. The maximum Gasteiger partial charge on any atom is 0.255 e. The van der Waals surface area contributed by atoms with Gasteiger partial charge in [0.1, 0.15) is 17.4 Å². The normalized spacial score (nSPS) is 37.3. The van der Waals surface area contributed by atoms with Crippen molar-refractivity contribution in [2.24, 2.45) is 17.8 Å². The number of imide groups is 1. The first-order valence-electron chi connectivity index (χ1n) is 14.7. The number of carbonyl (C=O) groups excluding carboxylic acids is 3. The van der Waals surface area contributed by atoms with Gasteiger partial charge in [-0.3, -0.25) is 24.6 Å². The first-order chi connectivity index (χ1) is 18.4. The van der Waals surface area contributed by atoms with E-state index in [1.54, 1.807) is 4.90 Å². The van der Waals surface area contributed by atoms with E-state index in [9.17, 15) is 14.4 Å². The molecule has 38 heavy (non-hydrogen) atoms. The van der Waals surface area contributed by atoms with Gasteiger partial charge in [0.15, 0.2) is 0 Å². The molecule has 0 unspecified atom stereocenters. The molecule has 2 atom stereocenters. The molecule has 0 spiro atoms. The van der Waals surface area contributed by atoms with Crippen molar-refractivity contribution in [1.29, 1.82) is 0 Å². The fourth-order valence-electron chi connectivity index (χ4n) is 8.24. The predicted molar refractivity (Wildman–Crippen MR) is 139 cm³/mol. The highest BCUT2D eigenvalue weighted by atomic mass is 16.5. The number of rotatable bonds is 6. The van der Waals surface area contributed by atoms with Gasteiger partial charge < -0.3 is 14.4 Å². The number of hydrogen-bond donors (Lipinski definition) is 1. The second kappa shape index (κ2) is 9.33. The van der Waals surface area contributed by atoms with Crippen LogP contribution < -0.4 is 10.1 Å². The summed E-state index contributed by atoms with van der Waals surface area (Å²) in [6.45, 7) is 2.77. The largest absolute Gasteiger partial charge is 0.489 e. The van der Waals surface area contributed by atoms with Crippen molar-refractivity contribution in [1.82, 2.24) is 15.1 Å². The summed E-state index contributed by atoms with van der Waals surface area (Å²) in [6, 6.07) is 6.24. The van der Waals surface area contributed by atoms with Crippen molar-refractivity contribution >= 4 is 17.7 Å². The molecule has 204 valence electrons. The van der Waals surface area contributed by atoms with Crippen LogP contribution in [0.4, 0.5) is 0 Å². The lowest BCUT2D eigenvalue weighted by molar-refractivity contribution is -0.160. The summed E-state index contributed by atoms with van der Waals surface area (Å²) in [5, 5.41) is 2.46. The molecule has 8 rings (SSSR count). The number of hydrogen-bond acceptors (Lipinski definition) is 6. The molecular weight excluding hydrogens is 482 g/mol. The number of piperidine rings is 2. The summed E-state index contributed by atoms with van der Waals surface area (Å²) in [4.78, 5) is 42.2. The van der Waals surface area contributed by atoms with Crippen molar-refractivity contribution in [3.05, 3.63) is 29.3 Å². The second-order valence-corrected chi connectivity index (χ2v) is 12.7. The lowest BCUT2D eigenvalue weighted by atomic mass is 9.63. The van der Waals surface area contributed by atoms with E-state index in [0.29, 0.717) is 37.1 Å². The molecule has 1 aromatic carbocycles. The van der Waals surface area contributed by atoms with Crippen LogP contribution in [0.2, 0.25) is 0 Å². The SMILES string of the molecule is COC1CCC(C2CN([C@H]3CCCC[C@@H]3Oc3ccc4c(c3)CN(C35CC(C3)C(=O)NC5=O)C4=O)C2)CC1. The molecule has 8 nitrogen and oxygen atoms in total. The van der Waals surface area contributed by atoms with E-state index in [1.807, 2.05) is 25.3 Å². The summed E-state index contributed by atoms with van der Waals surface area (Å²) in [7, 11) is 1.84. The van der Waals surface area contributed by atoms with Gasteiger partial charge in [0.05, 0.1) is 6.10 Å². The van der Waals surface area contributed by atoms with E-state index in [0.717, 1.165) is 29.6 Å². The van der Waals surface area contributed by atoms with Crippen LogP contribution in [-0.4, -0.2) is 71.5 Å². The molecule has 7 aliphatic rings. The van der Waals surface area contributed by atoms with E-state index < -0.39 is 5.54 Å². The van der Waals surface area contributed by atoms with Gasteiger partial charge in [0.25, 0.3) is 11.8 Å². The molecule has 8 heteroatoms. The van der Waals surface area contributed by atoms with Crippen LogP contribution in [0.3, 0.4) is 0 Å². The molecule has 3 saturated heterocycles. The van der Waals surface area contributed by atoms with Crippen LogP contribution in [0.1, 0.15) is 80.1 Å². The minimum atomic E-state index is -0.874. The van der Waals surface area contributed by atoms with Gasteiger partial charge in [-0.15, -0.1) is 0 Å². The number of fused-ring (bicyclic) bond motifs is 3. The van der Waals surface area contributed by atoms with E-state index in [1.165, 1.54) is 58.0 Å². The highest BCUT2D eigenvalue weighted by molar-refractivity contribution is 6.10. The Morgan fingerprint density at radius 3 is 2.45 bits per heavy atom. The summed E-state index contributed by atoms with van der Waals surface area (Å²) in [5.41, 5.74) is 0.688. The standard InChI is InChI=1S/C30H39N3O5/c1-37-22-8-6-18(7-9-22)21-15-32(16-21)25-4-2-3-5-26(25)38-23-10-11-24-19(12-23)17-33(28(24)35)30-13-20(14-30)27(34)31-29(30)36/h10-12,18,20-22,25-26H,2-9,13-17H2,1H3,(H,31,34,36)/t18?,20?,22?,25-,26-,30?/m0/s1. The van der Waals surface area contributed by atoms with Gasteiger partial charge in [-0.25, -0.2) is 0 Å². The average Bonchev–Trinajstić information content (AvgIpc) is 3.19. The number of methoxy groups -OCH3 is 1. The molecule has 6 fully saturated rings. The lowest BCUT2D eigenvalue weighted by Crippen LogP contribution is -2.73. The van der Waals surface area contributed by atoms with Crippen molar-refractivity contribution in [2.75, 3.05) is 20.2 Å². The zero-order valence-corrected chi connectivity index (χ0v) is 22.3. The number of nitrogens with zero attached hydrogens (tertiary/aromatic N) is 2. The number of carbonyl (C=O) groups is 3. The summed E-state index contributed by atoms with van der Waals surface area (Å²) < 4.78 is 12.2. The Labute approximate surface area is 224 Å². The van der Waals surface area contributed by atoms with Crippen molar-refractivity contribution in [2.45, 2.75) is 94.5 Å². The number of amides is 3. The third kappa shape index (κ3) is 3.89. The first kappa shape index (κ1) is 24.6. The summed E-state index contributed by atoms with van der Waals surface area (Å²) in [6.07, 6.45) is 11.2. The van der Waals surface area contributed by atoms with Crippen molar-refractivity contribution in [3.63, 3.8) is 0 Å². The third-order valence-electron chi connectivity index (χ3n) is 10.7. The van der Waals surface area contributed by atoms with E-state index in [4.69, 9.17) is 9.47 Å². The molecule has 3 saturated carbocycles. The Bertz CT molecular complexity index is 1130. The Morgan fingerprint density at radius 1 is 0.947 bits per heavy atom. The third-order valence-corrected chi connectivity index (χ3v) is 10.7. The van der Waals surface area contributed by atoms with Gasteiger partial charge in [0, 0.05) is 44.3 Å². The Balaban J connectivity index is 0.994. The molecule has 1 aromatic rings. The monoisotopic (exact) mass is 521 g/mol. The van der Waals surface area contributed by atoms with Gasteiger partial charge in [-0.2, -0.15) is 0 Å². The van der Waals surface area contributed by atoms with Gasteiger partial charge in [-0.1, -0.05) is 6.42 Å². The predicted octanol–water partition coefficient (Wildman–Crippen LogP) is 3.27. The molecule has 2 bridgehead atoms. The summed E-state index contributed by atoms with van der Waals surface area (Å²) >= 11 is 0. The maximum atomic E-state index is 13.2. The Morgan fingerprint density at radius 2 is 1.71 bits per heavy atom. The minimum absolute atomic E-state index is 0.115. The topological polar surface area (TPSA) is 88.2 Å². The van der Waals surface area contributed by atoms with E-state index in [2.05, 4.69) is 10.2 Å². The molecule has 0 radical (unpaired) electrons. The zero-order valence-electron chi connectivity index (χ0n) is 22.3. The average molecular weight is 522 g/mol. The Kier molecular flexibility index (Phi) is 6.04. The summed E-state index contributed by atoms with van der Waals surface area (Å²) in [5.74, 6) is 1.66. The Hall–Kier alpha value is -2.45. The number of likely N-dealkylation sites (tertiary alicyclic amines) is 1. The van der Waals surface area contributed by atoms with Crippen LogP contribution in [-0.2, 0) is 20.9 Å². The second-order valence-electron chi connectivity index (χ2n) is 12.7. The van der Waals surface area contributed by atoms with Crippen LogP contribution in [0, 0.1) is 17.8 Å². The molecule has 3 amide bonds. The van der Waals surface area contributed by atoms with Crippen LogP contribution in [0.15, 0.2) is 18.2 Å². The van der Waals surface area contributed by atoms with Crippen molar-refractivity contribution in [3.8, 4) is 5.75 Å².